The summed E-state index contributed by atoms with van der Waals surface area (Å²) in [6, 6.07) is 0. The minimum Gasteiger partial charge on any atom is -0.549 e. The van der Waals surface area contributed by atoms with Crippen molar-refractivity contribution >= 4 is 17.7 Å². The molecule has 0 aromatic rings. The van der Waals surface area contributed by atoms with Crippen molar-refractivity contribution in [2.45, 2.75) is 19.8 Å². The van der Waals surface area contributed by atoms with Gasteiger partial charge in [-0.3, -0.25) is 0 Å². The van der Waals surface area contributed by atoms with Crippen LogP contribution in [0.15, 0.2) is 0 Å². The maximum Gasteiger partial charge on any atom is 0.0513 e. The summed E-state index contributed by atoms with van der Waals surface area (Å²) in [6.45, 7) is 2.08. The maximum atomic E-state index is 9.83. The van der Waals surface area contributed by atoms with Crippen LogP contribution in [0.25, 0.3) is 0 Å². The number of carbonyl (C=O) groups is 1. The van der Waals surface area contributed by atoms with Gasteiger partial charge in [-0.05, 0) is 12.2 Å². The molecule has 0 amide bonds. The highest BCUT2D eigenvalue weighted by molar-refractivity contribution is 7.99. The lowest BCUT2D eigenvalue weighted by molar-refractivity contribution is -0.301. The number of carboxylic acids is 1. The van der Waals surface area contributed by atoms with Crippen LogP contribution < -0.4 is 5.11 Å². The van der Waals surface area contributed by atoms with Crippen LogP contribution in [-0.2, 0) is 4.79 Å². The van der Waals surface area contributed by atoms with Crippen LogP contribution in [0.1, 0.15) is 19.8 Å². The van der Waals surface area contributed by atoms with Crippen LogP contribution in [0, 0.1) is 0 Å². The van der Waals surface area contributed by atoms with E-state index >= 15 is 0 Å². The van der Waals surface area contributed by atoms with Crippen LogP contribution in [0.3, 0.4) is 0 Å². The van der Waals surface area contributed by atoms with Gasteiger partial charge in [-0.25, -0.2) is 0 Å². The first-order valence-corrected chi connectivity index (χ1v) is 4.20. The summed E-state index contributed by atoms with van der Waals surface area (Å²) in [5.74, 6) is 0.112. The van der Waals surface area contributed by atoms with Gasteiger partial charge in [-0.15, -0.1) is 0 Å². The standard InChI is InChI=1S/C6H12O2S/c1-2-3-4-9-5-6(7)8/h2-5H2,1H3,(H,7,8)/p-1. The smallest absolute Gasteiger partial charge is 0.0513 e. The zero-order valence-corrected chi connectivity index (χ0v) is 6.37. The summed E-state index contributed by atoms with van der Waals surface area (Å²) >= 11 is 1.42. The van der Waals surface area contributed by atoms with Gasteiger partial charge in [0.15, 0.2) is 0 Å². The molecule has 0 aliphatic carbocycles. The molecule has 0 atom stereocenters. The Morgan fingerprint density at radius 2 is 2.33 bits per heavy atom. The zero-order valence-electron chi connectivity index (χ0n) is 5.55. The third-order valence-electron chi connectivity index (χ3n) is 0.862. The summed E-state index contributed by atoms with van der Waals surface area (Å²) in [5.41, 5.74) is 0. The first-order valence-electron chi connectivity index (χ1n) is 3.05. The van der Waals surface area contributed by atoms with E-state index in [1.807, 2.05) is 0 Å². The quantitative estimate of drug-likeness (QED) is 0.524. The fourth-order valence-corrected chi connectivity index (χ4v) is 1.21. The number of rotatable bonds is 5. The predicted molar refractivity (Wildman–Crippen MR) is 37.2 cm³/mol. The van der Waals surface area contributed by atoms with Gasteiger partial charge in [0.25, 0.3) is 0 Å². The van der Waals surface area contributed by atoms with Crippen LogP contribution in [-0.4, -0.2) is 17.5 Å². The van der Waals surface area contributed by atoms with E-state index in [9.17, 15) is 9.90 Å². The minimum absolute atomic E-state index is 0.139. The van der Waals surface area contributed by atoms with Crippen molar-refractivity contribution in [1.29, 1.82) is 0 Å². The van der Waals surface area contributed by atoms with Gasteiger partial charge in [0.2, 0.25) is 0 Å². The molecule has 2 nitrogen and oxygen atoms in total. The molecule has 0 unspecified atom stereocenters. The van der Waals surface area contributed by atoms with E-state index in [-0.39, 0.29) is 5.75 Å². The van der Waals surface area contributed by atoms with Crippen LogP contribution in [0.5, 0.6) is 0 Å². The number of thioether (sulfide) groups is 1. The number of hydrogen-bond donors (Lipinski definition) is 0. The van der Waals surface area contributed by atoms with Crippen molar-refractivity contribution in [3.8, 4) is 0 Å². The van der Waals surface area contributed by atoms with Crippen LogP contribution in [0.4, 0.5) is 0 Å². The number of carboxylic acid groups (broad SMARTS) is 1. The minimum atomic E-state index is -0.962. The summed E-state index contributed by atoms with van der Waals surface area (Å²) in [4.78, 5) is 9.83. The molecule has 0 bridgehead atoms. The molecule has 0 spiro atoms. The average Bonchev–Trinajstić information content (AvgIpc) is 1.80. The van der Waals surface area contributed by atoms with E-state index in [0.29, 0.717) is 0 Å². The first-order chi connectivity index (χ1) is 4.27. The van der Waals surface area contributed by atoms with Gasteiger partial charge < -0.3 is 9.90 Å². The third-order valence-corrected chi connectivity index (χ3v) is 1.88. The Kier molecular flexibility index (Phi) is 5.83. The second kappa shape index (κ2) is 5.95. The second-order valence-electron chi connectivity index (χ2n) is 1.78. The van der Waals surface area contributed by atoms with E-state index in [1.54, 1.807) is 0 Å². The molecule has 0 rings (SSSR count). The van der Waals surface area contributed by atoms with E-state index in [0.717, 1.165) is 18.6 Å². The molecule has 0 saturated carbocycles. The molecular formula is C6H11O2S-. The first kappa shape index (κ1) is 8.82. The maximum absolute atomic E-state index is 9.83. The Labute approximate surface area is 59.6 Å². The molecule has 0 aromatic heterocycles. The normalized spacial score (nSPS) is 9.44. The molecule has 0 radical (unpaired) electrons. The molecule has 0 N–H and O–H groups in total. The summed E-state index contributed by atoms with van der Waals surface area (Å²) in [7, 11) is 0. The van der Waals surface area contributed by atoms with Crippen molar-refractivity contribution in [3.63, 3.8) is 0 Å². The lowest BCUT2D eigenvalue weighted by atomic mass is 10.4. The van der Waals surface area contributed by atoms with Crippen LogP contribution >= 0.6 is 11.8 Å². The van der Waals surface area contributed by atoms with Gasteiger partial charge in [0, 0.05) is 5.75 Å². The third kappa shape index (κ3) is 7.82. The Morgan fingerprint density at radius 1 is 1.67 bits per heavy atom. The van der Waals surface area contributed by atoms with Crippen molar-refractivity contribution < 1.29 is 9.90 Å². The molecule has 0 aromatic carbocycles. The molecule has 3 heteroatoms. The number of hydrogen-bond acceptors (Lipinski definition) is 3. The van der Waals surface area contributed by atoms with Crippen molar-refractivity contribution in [1.82, 2.24) is 0 Å². The van der Waals surface area contributed by atoms with Crippen molar-refractivity contribution in [3.05, 3.63) is 0 Å². The fourth-order valence-electron chi connectivity index (χ4n) is 0.402. The topological polar surface area (TPSA) is 40.1 Å². The molecule has 0 aliphatic heterocycles. The molecular weight excluding hydrogens is 136 g/mol. The Bertz CT molecular complexity index is 83.1. The van der Waals surface area contributed by atoms with Gasteiger partial charge in [-0.1, -0.05) is 13.3 Å². The second-order valence-corrected chi connectivity index (χ2v) is 2.88. The van der Waals surface area contributed by atoms with E-state index < -0.39 is 5.97 Å². The highest BCUT2D eigenvalue weighted by atomic mass is 32.2. The number of carbonyl (C=O) groups excluding carboxylic acids is 1. The highest BCUT2D eigenvalue weighted by Gasteiger charge is 1.86. The molecule has 54 valence electrons. The van der Waals surface area contributed by atoms with Gasteiger partial charge in [0.1, 0.15) is 0 Å². The number of aliphatic carboxylic acids is 1. The molecule has 0 fully saturated rings. The van der Waals surface area contributed by atoms with Crippen molar-refractivity contribution in [2.24, 2.45) is 0 Å². The molecule has 9 heavy (non-hydrogen) atoms. The predicted octanol–water partition coefficient (Wildman–Crippen LogP) is 0.270. The highest BCUT2D eigenvalue weighted by Crippen LogP contribution is 2.02. The zero-order chi connectivity index (χ0) is 7.11. The lowest BCUT2D eigenvalue weighted by Crippen LogP contribution is -2.24. The van der Waals surface area contributed by atoms with Gasteiger partial charge in [0.05, 0.1) is 5.97 Å². The fraction of sp³-hybridized carbons (Fsp3) is 0.833. The summed E-state index contributed by atoms with van der Waals surface area (Å²) in [5, 5.41) is 9.83. The number of unbranched alkanes of at least 4 members (excludes halogenated alkanes) is 1. The monoisotopic (exact) mass is 147 g/mol. The lowest BCUT2D eigenvalue weighted by Gasteiger charge is -1.99. The van der Waals surface area contributed by atoms with Gasteiger partial charge in [-0.2, -0.15) is 11.8 Å². The van der Waals surface area contributed by atoms with Crippen molar-refractivity contribution in [2.75, 3.05) is 11.5 Å². The average molecular weight is 147 g/mol. The summed E-state index contributed by atoms with van der Waals surface area (Å²) in [6.07, 6.45) is 2.22. The summed E-state index contributed by atoms with van der Waals surface area (Å²) < 4.78 is 0. The molecule has 0 aliphatic rings. The van der Waals surface area contributed by atoms with Crippen LogP contribution in [0.2, 0.25) is 0 Å². The Morgan fingerprint density at radius 3 is 2.78 bits per heavy atom. The van der Waals surface area contributed by atoms with E-state index in [2.05, 4.69) is 6.92 Å². The van der Waals surface area contributed by atoms with E-state index in [4.69, 9.17) is 0 Å². The SMILES string of the molecule is CCCCSCC(=O)[O-]. The van der Waals surface area contributed by atoms with Gasteiger partial charge >= 0.3 is 0 Å². The largest absolute Gasteiger partial charge is 0.549 e. The Balaban J connectivity index is 2.83. The Hall–Kier alpha value is -0.180. The van der Waals surface area contributed by atoms with E-state index in [1.165, 1.54) is 11.8 Å². The molecule has 0 saturated heterocycles. The molecule has 0 heterocycles.